The molecular weight excluding hydrogens is 216 g/mol. The van der Waals surface area contributed by atoms with E-state index in [0.717, 1.165) is 19.4 Å². The van der Waals surface area contributed by atoms with Crippen molar-refractivity contribution < 1.29 is 4.79 Å². The van der Waals surface area contributed by atoms with Gasteiger partial charge in [-0.05, 0) is 39.3 Å². The molecule has 0 radical (unpaired) electrons. The molecule has 17 heavy (non-hydrogen) atoms. The van der Waals surface area contributed by atoms with E-state index in [1.54, 1.807) is 0 Å². The molecule has 1 aliphatic rings. The van der Waals surface area contributed by atoms with Crippen molar-refractivity contribution in [2.24, 2.45) is 5.73 Å². The maximum absolute atomic E-state index is 11.2. The highest BCUT2D eigenvalue weighted by atomic mass is 16.1. The summed E-state index contributed by atoms with van der Waals surface area (Å²) >= 11 is 0. The predicted molar refractivity (Wildman–Crippen MR) is 65.6 cm³/mol. The number of rotatable bonds is 3. The number of hydrogen-bond donors (Lipinski definition) is 2. The summed E-state index contributed by atoms with van der Waals surface area (Å²) in [6.45, 7) is 5.06. The van der Waals surface area contributed by atoms with Gasteiger partial charge < -0.3 is 11.1 Å². The lowest BCUT2D eigenvalue weighted by molar-refractivity contribution is -0.120. The molecule has 94 valence electrons. The molecule has 1 amide bonds. The lowest BCUT2D eigenvalue weighted by Crippen LogP contribution is -2.46. The van der Waals surface area contributed by atoms with Crippen LogP contribution in [-0.2, 0) is 4.79 Å². The molecule has 0 saturated carbocycles. The van der Waals surface area contributed by atoms with Crippen LogP contribution < -0.4 is 11.1 Å². The first-order valence-electron chi connectivity index (χ1n) is 6.15. The summed E-state index contributed by atoms with van der Waals surface area (Å²) in [6.07, 6.45) is 3.63. The van der Waals surface area contributed by atoms with Gasteiger partial charge >= 0.3 is 0 Å². The van der Waals surface area contributed by atoms with Gasteiger partial charge in [0.2, 0.25) is 5.91 Å². The third-order valence-electron chi connectivity index (χ3n) is 3.36. The summed E-state index contributed by atoms with van der Waals surface area (Å²) in [5.41, 5.74) is 6.57. The number of carbonyl (C=O) groups is 1. The van der Waals surface area contributed by atoms with Gasteiger partial charge in [0.25, 0.3) is 0 Å². The van der Waals surface area contributed by atoms with E-state index in [9.17, 15) is 4.79 Å². The van der Waals surface area contributed by atoms with Crippen LogP contribution in [0.25, 0.3) is 0 Å². The largest absolute Gasteiger partial charge is 0.368 e. The van der Waals surface area contributed by atoms with Crippen molar-refractivity contribution >= 4 is 5.91 Å². The molecule has 2 atom stereocenters. The fourth-order valence-corrected chi connectivity index (χ4v) is 2.48. The minimum absolute atomic E-state index is 0.204. The van der Waals surface area contributed by atoms with Crippen molar-refractivity contribution in [3.05, 3.63) is 18.0 Å². The number of piperidine rings is 1. The Bertz CT molecular complexity index is 399. The molecule has 1 saturated heterocycles. The highest BCUT2D eigenvalue weighted by Gasteiger charge is 2.28. The molecular formula is C12H20N4O. The average Bonchev–Trinajstić information content (AvgIpc) is 2.78. The van der Waals surface area contributed by atoms with Crippen LogP contribution in [0.2, 0.25) is 0 Å². The molecule has 5 heteroatoms. The summed E-state index contributed by atoms with van der Waals surface area (Å²) in [6, 6.07) is 2.19. The van der Waals surface area contributed by atoms with Gasteiger partial charge in [-0.1, -0.05) is 0 Å². The Balaban J connectivity index is 2.16. The van der Waals surface area contributed by atoms with E-state index in [1.807, 2.05) is 16.9 Å². The Morgan fingerprint density at radius 2 is 2.41 bits per heavy atom. The SMILES string of the molecule is CC(C)n1nccc1C1CCNC(C(N)=O)C1. The van der Waals surface area contributed by atoms with E-state index in [4.69, 9.17) is 5.73 Å². The number of carbonyl (C=O) groups excluding carboxylic acids is 1. The first kappa shape index (κ1) is 12.1. The van der Waals surface area contributed by atoms with E-state index in [1.165, 1.54) is 5.69 Å². The zero-order chi connectivity index (χ0) is 12.4. The topological polar surface area (TPSA) is 72.9 Å². The molecule has 0 bridgehead atoms. The number of primary amides is 1. The van der Waals surface area contributed by atoms with Gasteiger partial charge in [-0.3, -0.25) is 9.48 Å². The number of nitrogens with one attached hydrogen (secondary N) is 1. The molecule has 0 aliphatic carbocycles. The normalized spacial score (nSPS) is 25.1. The predicted octanol–water partition coefficient (Wildman–Crippen LogP) is 0.785. The molecule has 1 fully saturated rings. The van der Waals surface area contributed by atoms with Crippen LogP contribution in [0.5, 0.6) is 0 Å². The van der Waals surface area contributed by atoms with E-state index < -0.39 is 0 Å². The van der Waals surface area contributed by atoms with Crippen LogP contribution in [-0.4, -0.2) is 28.3 Å². The third-order valence-corrected chi connectivity index (χ3v) is 3.36. The van der Waals surface area contributed by atoms with Crippen molar-refractivity contribution in [1.29, 1.82) is 0 Å². The quantitative estimate of drug-likeness (QED) is 0.814. The van der Waals surface area contributed by atoms with Crippen molar-refractivity contribution in [1.82, 2.24) is 15.1 Å². The summed E-state index contributed by atoms with van der Waals surface area (Å²) in [5, 5.41) is 7.50. The fraction of sp³-hybridized carbons (Fsp3) is 0.667. The Morgan fingerprint density at radius 3 is 3.06 bits per heavy atom. The Morgan fingerprint density at radius 1 is 1.65 bits per heavy atom. The zero-order valence-corrected chi connectivity index (χ0v) is 10.4. The highest BCUT2D eigenvalue weighted by Crippen LogP contribution is 2.28. The first-order chi connectivity index (χ1) is 8.09. The number of aromatic nitrogens is 2. The second-order valence-electron chi connectivity index (χ2n) is 4.92. The lowest BCUT2D eigenvalue weighted by Gasteiger charge is -2.29. The molecule has 1 aromatic heterocycles. The monoisotopic (exact) mass is 236 g/mol. The Labute approximate surface area is 101 Å². The van der Waals surface area contributed by atoms with Crippen molar-refractivity contribution in [2.75, 3.05) is 6.54 Å². The maximum Gasteiger partial charge on any atom is 0.234 e. The van der Waals surface area contributed by atoms with E-state index in [2.05, 4.69) is 24.3 Å². The van der Waals surface area contributed by atoms with Gasteiger partial charge in [-0.15, -0.1) is 0 Å². The standard InChI is InChI=1S/C12H20N4O/c1-8(2)16-11(4-6-15-16)9-3-5-14-10(7-9)12(13)17/h4,6,8-10,14H,3,5,7H2,1-2H3,(H2,13,17). The molecule has 1 aromatic rings. The molecule has 2 rings (SSSR count). The van der Waals surface area contributed by atoms with Crippen LogP contribution in [0, 0.1) is 0 Å². The number of hydrogen-bond acceptors (Lipinski definition) is 3. The van der Waals surface area contributed by atoms with Crippen LogP contribution in [0.4, 0.5) is 0 Å². The van der Waals surface area contributed by atoms with Gasteiger partial charge in [-0.2, -0.15) is 5.10 Å². The van der Waals surface area contributed by atoms with E-state index in [0.29, 0.717) is 12.0 Å². The van der Waals surface area contributed by atoms with Gasteiger partial charge in [0.15, 0.2) is 0 Å². The highest BCUT2D eigenvalue weighted by molar-refractivity contribution is 5.80. The van der Waals surface area contributed by atoms with Crippen LogP contribution in [0.15, 0.2) is 12.3 Å². The van der Waals surface area contributed by atoms with E-state index in [-0.39, 0.29) is 11.9 Å². The molecule has 2 unspecified atom stereocenters. The van der Waals surface area contributed by atoms with Crippen LogP contribution in [0.1, 0.15) is 44.3 Å². The molecule has 5 nitrogen and oxygen atoms in total. The molecule has 0 aromatic carbocycles. The molecule has 2 heterocycles. The summed E-state index contributed by atoms with van der Waals surface area (Å²) in [4.78, 5) is 11.2. The summed E-state index contributed by atoms with van der Waals surface area (Å²) in [7, 11) is 0. The smallest absolute Gasteiger partial charge is 0.234 e. The van der Waals surface area contributed by atoms with Crippen molar-refractivity contribution in [2.45, 2.75) is 44.7 Å². The van der Waals surface area contributed by atoms with Crippen LogP contribution in [0.3, 0.4) is 0 Å². The fourth-order valence-electron chi connectivity index (χ4n) is 2.48. The maximum atomic E-state index is 11.2. The number of nitrogens with zero attached hydrogens (tertiary/aromatic N) is 2. The Kier molecular flexibility index (Phi) is 3.47. The minimum Gasteiger partial charge on any atom is -0.368 e. The zero-order valence-electron chi connectivity index (χ0n) is 10.4. The second-order valence-corrected chi connectivity index (χ2v) is 4.92. The number of nitrogens with two attached hydrogens (primary N) is 1. The molecule has 0 spiro atoms. The Hall–Kier alpha value is -1.36. The third kappa shape index (κ3) is 2.49. The van der Waals surface area contributed by atoms with Gasteiger partial charge in [0.1, 0.15) is 0 Å². The molecule has 3 N–H and O–H groups in total. The van der Waals surface area contributed by atoms with Crippen molar-refractivity contribution in [3.8, 4) is 0 Å². The van der Waals surface area contributed by atoms with Gasteiger partial charge in [0.05, 0.1) is 6.04 Å². The molecule has 1 aliphatic heterocycles. The minimum atomic E-state index is -0.259. The van der Waals surface area contributed by atoms with Gasteiger partial charge in [0, 0.05) is 23.9 Å². The summed E-state index contributed by atoms with van der Waals surface area (Å²) < 4.78 is 2.04. The second kappa shape index (κ2) is 4.87. The number of amides is 1. The average molecular weight is 236 g/mol. The lowest BCUT2D eigenvalue weighted by atomic mass is 9.89. The van der Waals surface area contributed by atoms with Crippen LogP contribution >= 0.6 is 0 Å². The van der Waals surface area contributed by atoms with E-state index >= 15 is 0 Å². The first-order valence-corrected chi connectivity index (χ1v) is 6.15. The van der Waals surface area contributed by atoms with Gasteiger partial charge in [-0.25, -0.2) is 0 Å². The summed E-state index contributed by atoms with van der Waals surface area (Å²) in [5.74, 6) is 0.115. The van der Waals surface area contributed by atoms with Crippen molar-refractivity contribution in [3.63, 3.8) is 0 Å².